The van der Waals surface area contributed by atoms with Crippen LogP contribution in [0.2, 0.25) is 0 Å². The summed E-state index contributed by atoms with van der Waals surface area (Å²) >= 11 is 0. The summed E-state index contributed by atoms with van der Waals surface area (Å²) < 4.78 is 5.19. The molecule has 0 radical (unpaired) electrons. The second-order valence-electron chi connectivity index (χ2n) is 3.45. The summed E-state index contributed by atoms with van der Waals surface area (Å²) in [6.07, 6.45) is 2.12. The van der Waals surface area contributed by atoms with Crippen LogP contribution < -0.4 is 5.73 Å². The fourth-order valence-electron chi connectivity index (χ4n) is 1.63. The zero-order valence-corrected chi connectivity index (χ0v) is 8.23. The van der Waals surface area contributed by atoms with Crippen molar-refractivity contribution in [1.29, 1.82) is 0 Å². The normalized spacial score (nSPS) is 16.5. The van der Waals surface area contributed by atoms with Gasteiger partial charge in [0.05, 0.1) is 12.8 Å². The van der Waals surface area contributed by atoms with Crippen LogP contribution in [0.25, 0.3) is 0 Å². The molecule has 1 saturated heterocycles. The van der Waals surface area contributed by atoms with Crippen molar-refractivity contribution >= 4 is 11.8 Å². The summed E-state index contributed by atoms with van der Waals surface area (Å²) in [5.41, 5.74) is 6.33. The molecule has 15 heavy (non-hydrogen) atoms. The van der Waals surface area contributed by atoms with E-state index in [1.807, 2.05) is 0 Å². The molecule has 1 aromatic rings. The van der Waals surface area contributed by atoms with Gasteiger partial charge in [0.25, 0.3) is 0 Å². The van der Waals surface area contributed by atoms with Crippen LogP contribution in [-0.2, 0) is 22.7 Å². The minimum atomic E-state index is -0.139. The van der Waals surface area contributed by atoms with Crippen molar-refractivity contribution in [3.8, 4) is 0 Å². The van der Waals surface area contributed by atoms with Crippen LogP contribution in [0.5, 0.6) is 0 Å². The van der Waals surface area contributed by atoms with Crippen molar-refractivity contribution in [2.24, 2.45) is 5.73 Å². The fourth-order valence-corrected chi connectivity index (χ4v) is 1.63. The van der Waals surface area contributed by atoms with Crippen LogP contribution in [0.15, 0.2) is 16.7 Å². The van der Waals surface area contributed by atoms with E-state index in [1.165, 1.54) is 11.2 Å². The highest BCUT2D eigenvalue weighted by atomic mass is 16.3. The number of nitrogens with zero attached hydrogens (tertiary/aromatic N) is 1. The molecule has 1 aliphatic heterocycles. The average Bonchev–Trinajstić information content (AvgIpc) is 2.79. The third-order valence-electron chi connectivity index (χ3n) is 2.51. The van der Waals surface area contributed by atoms with E-state index in [-0.39, 0.29) is 18.4 Å². The van der Waals surface area contributed by atoms with Crippen LogP contribution in [0.1, 0.15) is 24.2 Å². The maximum atomic E-state index is 11.3. The largest absolute Gasteiger partial charge is 0.467 e. The Morgan fingerprint density at radius 3 is 2.60 bits per heavy atom. The number of nitrogens with two attached hydrogens (primary N) is 1. The van der Waals surface area contributed by atoms with Crippen molar-refractivity contribution in [3.63, 3.8) is 0 Å². The summed E-state index contributed by atoms with van der Waals surface area (Å²) in [6, 6.07) is 1.75. The number of likely N-dealkylation sites (tertiary alicyclic amines) is 1. The lowest BCUT2D eigenvalue weighted by Gasteiger charge is -2.12. The minimum Gasteiger partial charge on any atom is -0.467 e. The molecule has 0 bridgehead atoms. The second kappa shape index (κ2) is 3.86. The summed E-state index contributed by atoms with van der Waals surface area (Å²) in [7, 11) is 0. The van der Waals surface area contributed by atoms with Gasteiger partial charge in [-0.3, -0.25) is 14.5 Å². The zero-order chi connectivity index (χ0) is 10.8. The molecule has 2 amide bonds. The van der Waals surface area contributed by atoms with E-state index in [0.717, 1.165) is 5.56 Å². The highest BCUT2D eigenvalue weighted by molar-refractivity contribution is 6.01. The van der Waals surface area contributed by atoms with E-state index < -0.39 is 0 Å². The first-order valence-corrected chi connectivity index (χ1v) is 4.81. The van der Waals surface area contributed by atoms with Crippen LogP contribution in [0.4, 0.5) is 0 Å². The number of carbonyl (C=O) groups excluding carboxylic acids is 2. The highest BCUT2D eigenvalue weighted by Gasteiger charge is 2.29. The first-order chi connectivity index (χ1) is 7.22. The number of amides is 2. The van der Waals surface area contributed by atoms with E-state index in [0.29, 0.717) is 25.1 Å². The van der Waals surface area contributed by atoms with Crippen molar-refractivity contribution < 1.29 is 14.0 Å². The van der Waals surface area contributed by atoms with E-state index in [2.05, 4.69) is 0 Å². The predicted molar refractivity (Wildman–Crippen MR) is 51.4 cm³/mol. The molecule has 0 spiro atoms. The van der Waals surface area contributed by atoms with Crippen molar-refractivity contribution in [3.05, 3.63) is 23.7 Å². The Morgan fingerprint density at radius 2 is 2.00 bits per heavy atom. The van der Waals surface area contributed by atoms with Gasteiger partial charge < -0.3 is 10.2 Å². The maximum Gasteiger partial charge on any atom is 0.230 e. The lowest BCUT2D eigenvalue weighted by molar-refractivity contribution is -0.139. The van der Waals surface area contributed by atoms with Gasteiger partial charge in [-0.25, -0.2) is 0 Å². The monoisotopic (exact) mass is 208 g/mol. The molecule has 0 aromatic carbocycles. The van der Waals surface area contributed by atoms with Gasteiger partial charge in [0.15, 0.2) is 0 Å². The van der Waals surface area contributed by atoms with Crippen molar-refractivity contribution in [2.75, 3.05) is 0 Å². The minimum absolute atomic E-state index is 0.139. The van der Waals surface area contributed by atoms with Gasteiger partial charge in [-0.15, -0.1) is 0 Å². The summed E-state index contributed by atoms with van der Waals surface area (Å²) in [5, 5.41) is 0. The Morgan fingerprint density at radius 1 is 1.33 bits per heavy atom. The molecule has 2 rings (SSSR count). The molecule has 2 heterocycles. The number of furan rings is 1. The van der Waals surface area contributed by atoms with E-state index in [9.17, 15) is 9.59 Å². The Kier molecular flexibility index (Phi) is 2.55. The number of hydrogen-bond acceptors (Lipinski definition) is 4. The van der Waals surface area contributed by atoms with Crippen LogP contribution in [-0.4, -0.2) is 16.7 Å². The predicted octanol–water partition coefficient (Wildman–Crippen LogP) is 0.387. The molecule has 0 atom stereocenters. The van der Waals surface area contributed by atoms with Gasteiger partial charge in [0.1, 0.15) is 5.76 Å². The summed E-state index contributed by atoms with van der Waals surface area (Å²) in [5.74, 6) is 0.319. The standard InChI is InChI=1S/C10H12N2O3/c11-5-7-3-4-15-8(7)6-12-9(13)1-2-10(12)14/h3-4H,1-2,5-6,11H2. The van der Waals surface area contributed by atoms with Gasteiger partial charge in [0, 0.05) is 24.9 Å². The molecular weight excluding hydrogens is 196 g/mol. The van der Waals surface area contributed by atoms with Crippen molar-refractivity contribution in [1.82, 2.24) is 4.90 Å². The summed E-state index contributed by atoms with van der Waals surface area (Å²) in [4.78, 5) is 23.9. The van der Waals surface area contributed by atoms with Gasteiger partial charge in [-0.2, -0.15) is 0 Å². The quantitative estimate of drug-likeness (QED) is 0.729. The Labute approximate surface area is 86.8 Å². The SMILES string of the molecule is NCc1ccoc1CN1C(=O)CCC1=O. The second-order valence-corrected chi connectivity index (χ2v) is 3.45. The first-order valence-electron chi connectivity index (χ1n) is 4.81. The molecule has 80 valence electrons. The third-order valence-corrected chi connectivity index (χ3v) is 2.51. The van der Waals surface area contributed by atoms with Crippen LogP contribution in [0, 0.1) is 0 Å². The van der Waals surface area contributed by atoms with E-state index >= 15 is 0 Å². The molecule has 0 unspecified atom stereocenters. The van der Waals surface area contributed by atoms with Crippen molar-refractivity contribution in [2.45, 2.75) is 25.9 Å². The van der Waals surface area contributed by atoms with E-state index in [4.69, 9.17) is 10.2 Å². The maximum absolute atomic E-state index is 11.3. The third kappa shape index (κ3) is 1.78. The Bertz CT molecular complexity index is 381. The van der Waals surface area contributed by atoms with Gasteiger partial charge in [-0.1, -0.05) is 0 Å². The molecule has 0 aliphatic carbocycles. The fraction of sp³-hybridized carbons (Fsp3) is 0.400. The lowest BCUT2D eigenvalue weighted by Crippen LogP contribution is -2.28. The molecule has 1 aliphatic rings. The smallest absolute Gasteiger partial charge is 0.230 e. The number of hydrogen-bond donors (Lipinski definition) is 1. The first kappa shape index (κ1) is 9.92. The Balaban J connectivity index is 2.14. The van der Waals surface area contributed by atoms with Crippen LogP contribution in [0.3, 0.4) is 0 Å². The molecule has 2 N–H and O–H groups in total. The average molecular weight is 208 g/mol. The zero-order valence-electron chi connectivity index (χ0n) is 8.23. The lowest BCUT2D eigenvalue weighted by atomic mass is 10.2. The number of carbonyl (C=O) groups is 2. The van der Waals surface area contributed by atoms with Crippen LogP contribution >= 0.6 is 0 Å². The molecule has 1 aromatic heterocycles. The van der Waals surface area contributed by atoms with E-state index in [1.54, 1.807) is 6.07 Å². The molecular formula is C10H12N2O3. The number of imide groups is 1. The molecule has 1 fully saturated rings. The molecule has 5 nitrogen and oxygen atoms in total. The topological polar surface area (TPSA) is 76.5 Å². The van der Waals surface area contributed by atoms with Gasteiger partial charge >= 0.3 is 0 Å². The highest BCUT2D eigenvalue weighted by Crippen LogP contribution is 2.18. The molecule has 0 saturated carbocycles. The van der Waals surface area contributed by atoms with Gasteiger partial charge in [0.2, 0.25) is 11.8 Å². The Hall–Kier alpha value is -1.62. The summed E-state index contributed by atoms with van der Waals surface area (Å²) in [6.45, 7) is 0.555. The van der Waals surface area contributed by atoms with Gasteiger partial charge in [-0.05, 0) is 6.07 Å². The number of rotatable bonds is 3. The molecule has 5 heteroatoms.